The van der Waals surface area contributed by atoms with E-state index in [0.29, 0.717) is 12.2 Å². The van der Waals surface area contributed by atoms with Gasteiger partial charge in [-0.25, -0.2) is 4.79 Å². The normalized spacial score (nSPS) is 15.2. The SMILES string of the molecule is CCOC(=O)c1ccc(C=C2C=C(C(C)(C)C)C(=O)C(C(C)(C)C)=C2)cc1. The molecule has 0 atom stereocenters. The van der Waals surface area contributed by atoms with Gasteiger partial charge in [0.2, 0.25) is 0 Å². The number of hydrogen-bond donors (Lipinski definition) is 0. The zero-order chi connectivity index (χ0) is 20.4. The van der Waals surface area contributed by atoms with E-state index in [1.54, 1.807) is 19.1 Å². The summed E-state index contributed by atoms with van der Waals surface area (Å²) < 4.78 is 5.02. The molecule has 0 aliphatic heterocycles. The number of ether oxygens (including phenoxy) is 1. The highest BCUT2D eigenvalue weighted by Gasteiger charge is 2.33. The minimum atomic E-state index is -0.315. The first-order valence-electron chi connectivity index (χ1n) is 9.41. The summed E-state index contributed by atoms with van der Waals surface area (Å²) in [6.07, 6.45) is 6.01. The lowest BCUT2D eigenvalue weighted by Gasteiger charge is -2.31. The molecule has 1 aliphatic carbocycles. The highest BCUT2D eigenvalue weighted by Crippen LogP contribution is 2.39. The Labute approximate surface area is 162 Å². The van der Waals surface area contributed by atoms with Crippen LogP contribution in [0, 0.1) is 10.8 Å². The van der Waals surface area contributed by atoms with Crippen molar-refractivity contribution in [2.24, 2.45) is 10.8 Å². The molecule has 0 N–H and O–H groups in total. The summed E-state index contributed by atoms with van der Waals surface area (Å²) in [5.41, 5.74) is 3.70. The fraction of sp³-hybridized carbons (Fsp3) is 0.417. The molecule has 0 unspecified atom stereocenters. The molecule has 1 aliphatic rings. The van der Waals surface area contributed by atoms with E-state index in [0.717, 1.165) is 22.3 Å². The number of hydrogen-bond acceptors (Lipinski definition) is 3. The average molecular weight is 367 g/mol. The summed E-state index contributed by atoms with van der Waals surface area (Å²) in [7, 11) is 0. The Morgan fingerprint density at radius 1 is 0.926 bits per heavy atom. The molecule has 0 amide bonds. The molecule has 0 spiro atoms. The summed E-state index contributed by atoms with van der Waals surface area (Å²) in [5, 5.41) is 0. The summed E-state index contributed by atoms with van der Waals surface area (Å²) in [5.74, 6) is -0.186. The van der Waals surface area contributed by atoms with Gasteiger partial charge in [0.1, 0.15) is 0 Å². The minimum Gasteiger partial charge on any atom is -0.462 e. The number of esters is 1. The lowest BCUT2D eigenvalue weighted by atomic mass is 9.72. The van der Waals surface area contributed by atoms with Crippen LogP contribution in [-0.2, 0) is 9.53 Å². The Kier molecular flexibility index (Phi) is 5.94. The van der Waals surface area contributed by atoms with Crippen molar-refractivity contribution in [1.82, 2.24) is 0 Å². The van der Waals surface area contributed by atoms with Gasteiger partial charge in [-0.05, 0) is 59.3 Å². The van der Waals surface area contributed by atoms with Crippen LogP contribution in [0.2, 0.25) is 0 Å². The molecule has 3 nitrogen and oxygen atoms in total. The molecule has 0 bridgehead atoms. The van der Waals surface area contributed by atoms with Crippen molar-refractivity contribution < 1.29 is 14.3 Å². The first kappa shape index (κ1) is 20.9. The predicted molar refractivity (Wildman–Crippen MR) is 110 cm³/mol. The maximum absolute atomic E-state index is 13.0. The molecular weight excluding hydrogens is 336 g/mol. The van der Waals surface area contributed by atoms with Gasteiger partial charge in [0.25, 0.3) is 0 Å². The number of carbonyl (C=O) groups excluding carboxylic acids is 2. The summed E-state index contributed by atoms with van der Waals surface area (Å²) in [6, 6.07) is 7.32. The number of allylic oxidation sites excluding steroid dienone is 5. The average Bonchev–Trinajstić information content (AvgIpc) is 2.55. The number of Topliss-reactive ketones (excluding diaryl/α,β-unsaturated/α-hetero) is 1. The zero-order valence-electron chi connectivity index (χ0n) is 17.5. The van der Waals surface area contributed by atoms with Crippen molar-refractivity contribution in [1.29, 1.82) is 0 Å². The molecule has 0 heterocycles. The molecule has 0 fully saturated rings. The third-order valence-corrected chi connectivity index (χ3v) is 4.48. The van der Waals surface area contributed by atoms with E-state index >= 15 is 0 Å². The smallest absolute Gasteiger partial charge is 0.338 e. The van der Waals surface area contributed by atoms with Crippen LogP contribution < -0.4 is 0 Å². The second-order valence-corrected chi connectivity index (χ2v) is 8.93. The van der Waals surface area contributed by atoms with E-state index in [2.05, 4.69) is 41.5 Å². The molecule has 1 aromatic carbocycles. The fourth-order valence-electron chi connectivity index (χ4n) is 2.97. The van der Waals surface area contributed by atoms with Crippen molar-refractivity contribution in [2.45, 2.75) is 48.5 Å². The van der Waals surface area contributed by atoms with E-state index in [1.807, 2.05) is 30.4 Å². The van der Waals surface area contributed by atoms with E-state index in [4.69, 9.17) is 4.74 Å². The highest BCUT2D eigenvalue weighted by molar-refractivity contribution is 6.12. The van der Waals surface area contributed by atoms with Gasteiger partial charge in [0, 0.05) is 11.1 Å². The number of benzene rings is 1. The van der Waals surface area contributed by atoms with Gasteiger partial charge in [0.15, 0.2) is 5.78 Å². The Balaban J connectivity index is 2.45. The van der Waals surface area contributed by atoms with Gasteiger partial charge in [-0.1, -0.05) is 53.7 Å². The standard InChI is InChI=1S/C24H30O3/c1-8-27-22(26)18-11-9-16(10-12-18)13-17-14-19(23(2,3)4)21(25)20(15-17)24(5,6)7/h9-15H,8H2,1-7H3. The Morgan fingerprint density at radius 3 is 1.81 bits per heavy atom. The zero-order valence-corrected chi connectivity index (χ0v) is 17.5. The molecule has 1 aromatic rings. The van der Waals surface area contributed by atoms with Gasteiger partial charge >= 0.3 is 5.97 Å². The summed E-state index contributed by atoms with van der Waals surface area (Å²) in [4.78, 5) is 24.8. The summed E-state index contributed by atoms with van der Waals surface area (Å²) >= 11 is 0. The molecule has 27 heavy (non-hydrogen) atoms. The van der Waals surface area contributed by atoms with Crippen LogP contribution in [0.1, 0.15) is 64.4 Å². The van der Waals surface area contributed by atoms with Gasteiger partial charge in [-0.3, -0.25) is 4.79 Å². The quantitative estimate of drug-likeness (QED) is 0.637. The van der Waals surface area contributed by atoms with Gasteiger partial charge in [-0.2, -0.15) is 0 Å². The first-order valence-corrected chi connectivity index (χ1v) is 9.41. The lowest BCUT2D eigenvalue weighted by molar-refractivity contribution is -0.114. The van der Waals surface area contributed by atoms with E-state index in [1.165, 1.54) is 0 Å². The first-order chi connectivity index (χ1) is 12.4. The van der Waals surface area contributed by atoms with E-state index in [9.17, 15) is 9.59 Å². The maximum atomic E-state index is 13.0. The van der Waals surface area contributed by atoms with Crippen molar-refractivity contribution in [2.75, 3.05) is 6.61 Å². The van der Waals surface area contributed by atoms with Crippen LogP contribution in [0.3, 0.4) is 0 Å². The van der Waals surface area contributed by atoms with Gasteiger partial charge in [-0.15, -0.1) is 0 Å². The molecule has 2 rings (SSSR count). The van der Waals surface area contributed by atoms with Gasteiger partial charge in [0.05, 0.1) is 12.2 Å². The Hall–Kier alpha value is -2.42. The van der Waals surface area contributed by atoms with Crippen molar-refractivity contribution in [3.63, 3.8) is 0 Å². The Morgan fingerprint density at radius 2 is 1.41 bits per heavy atom. The van der Waals surface area contributed by atoms with Gasteiger partial charge < -0.3 is 4.74 Å². The largest absolute Gasteiger partial charge is 0.462 e. The third-order valence-electron chi connectivity index (χ3n) is 4.48. The van der Waals surface area contributed by atoms with Crippen LogP contribution in [0.25, 0.3) is 6.08 Å². The monoisotopic (exact) mass is 366 g/mol. The lowest BCUT2D eigenvalue weighted by Crippen LogP contribution is -2.27. The molecule has 0 radical (unpaired) electrons. The van der Waals surface area contributed by atoms with Crippen LogP contribution in [-0.4, -0.2) is 18.4 Å². The molecule has 3 heteroatoms. The number of carbonyl (C=O) groups is 2. The van der Waals surface area contributed by atoms with Crippen molar-refractivity contribution in [3.8, 4) is 0 Å². The van der Waals surface area contributed by atoms with Crippen LogP contribution in [0.5, 0.6) is 0 Å². The number of rotatable bonds is 3. The second-order valence-electron chi connectivity index (χ2n) is 8.93. The van der Waals surface area contributed by atoms with Crippen molar-refractivity contribution >= 4 is 17.8 Å². The van der Waals surface area contributed by atoms with Crippen LogP contribution in [0.15, 0.2) is 53.1 Å². The fourth-order valence-corrected chi connectivity index (χ4v) is 2.97. The minimum absolute atomic E-state index is 0.129. The van der Waals surface area contributed by atoms with Crippen LogP contribution in [0.4, 0.5) is 0 Å². The van der Waals surface area contributed by atoms with E-state index < -0.39 is 0 Å². The second kappa shape index (κ2) is 7.67. The highest BCUT2D eigenvalue weighted by atomic mass is 16.5. The third kappa shape index (κ3) is 5.06. The number of ketones is 1. The molecule has 144 valence electrons. The van der Waals surface area contributed by atoms with E-state index in [-0.39, 0.29) is 22.6 Å². The van der Waals surface area contributed by atoms with Crippen molar-refractivity contribution in [3.05, 3.63) is 64.3 Å². The predicted octanol–water partition coefficient (Wildman–Crippen LogP) is 5.77. The topological polar surface area (TPSA) is 43.4 Å². The Bertz CT molecular complexity index is 784. The molecule has 0 saturated carbocycles. The molecule has 0 saturated heterocycles. The molecule has 0 aromatic heterocycles. The molecular formula is C24H30O3. The van der Waals surface area contributed by atoms with Crippen LogP contribution >= 0.6 is 0 Å². The maximum Gasteiger partial charge on any atom is 0.338 e. The summed E-state index contributed by atoms with van der Waals surface area (Å²) in [6.45, 7) is 14.5.